The Hall–Kier alpha value is -2.04. The summed E-state index contributed by atoms with van der Waals surface area (Å²) in [7, 11) is 0. The number of hydrogen-bond donors (Lipinski definition) is 1. The molecule has 0 aliphatic carbocycles. The highest BCUT2D eigenvalue weighted by Gasteiger charge is 2.26. The van der Waals surface area contributed by atoms with Gasteiger partial charge in [-0.05, 0) is 12.5 Å². The Morgan fingerprint density at radius 2 is 2.19 bits per heavy atom. The second-order valence-electron chi connectivity index (χ2n) is 3.72. The van der Waals surface area contributed by atoms with Crippen molar-refractivity contribution in [2.75, 3.05) is 12.3 Å². The lowest BCUT2D eigenvalue weighted by Crippen LogP contribution is -2.16. The van der Waals surface area contributed by atoms with Crippen LogP contribution in [0.1, 0.15) is 23.7 Å². The van der Waals surface area contributed by atoms with E-state index < -0.39 is 0 Å². The van der Waals surface area contributed by atoms with Crippen molar-refractivity contribution in [3.63, 3.8) is 0 Å². The molecule has 2 aromatic rings. The van der Waals surface area contributed by atoms with Crippen molar-refractivity contribution in [2.24, 2.45) is 0 Å². The minimum atomic E-state index is 0.110. The Labute approximate surface area is 92.2 Å². The molecule has 16 heavy (non-hydrogen) atoms. The van der Waals surface area contributed by atoms with Gasteiger partial charge in [0, 0.05) is 5.56 Å². The lowest BCUT2D eigenvalue weighted by Gasteiger charge is -2.23. The molecule has 1 aromatic carbocycles. The Morgan fingerprint density at radius 1 is 1.31 bits per heavy atom. The molecular formula is C11H11N3O2. The van der Waals surface area contributed by atoms with Crippen molar-refractivity contribution in [1.29, 1.82) is 0 Å². The first-order valence-electron chi connectivity index (χ1n) is 5.15. The van der Waals surface area contributed by atoms with Gasteiger partial charge in [-0.25, -0.2) is 0 Å². The first-order valence-corrected chi connectivity index (χ1v) is 5.15. The zero-order valence-corrected chi connectivity index (χ0v) is 8.59. The molecule has 82 valence electrons. The van der Waals surface area contributed by atoms with Crippen LogP contribution in [0.3, 0.4) is 0 Å². The largest absolute Gasteiger partial charge is 0.493 e. The zero-order valence-electron chi connectivity index (χ0n) is 8.59. The summed E-state index contributed by atoms with van der Waals surface area (Å²) in [6.07, 6.45) is 0.843. The quantitative estimate of drug-likeness (QED) is 0.784. The maximum absolute atomic E-state index is 5.56. The van der Waals surface area contributed by atoms with Crippen LogP contribution in [0, 0.1) is 0 Å². The molecule has 1 unspecified atom stereocenters. The number of ether oxygens (including phenoxy) is 1. The van der Waals surface area contributed by atoms with Gasteiger partial charge in [0.05, 0.1) is 12.5 Å². The summed E-state index contributed by atoms with van der Waals surface area (Å²) in [5.74, 6) is 1.64. The van der Waals surface area contributed by atoms with Crippen molar-refractivity contribution in [3.05, 3.63) is 35.7 Å². The van der Waals surface area contributed by atoms with Crippen molar-refractivity contribution < 1.29 is 9.26 Å². The van der Waals surface area contributed by atoms with Gasteiger partial charge < -0.3 is 15.0 Å². The second kappa shape index (κ2) is 3.52. The highest BCUT2D eigenvalue weighted by Crippen LogP contribution is 2.36. The highest BCUT2D eigenvalue weighted by atomic mass is 16.5. The van der Waals surface area contributed by atoms with Crippen LogP contribution in [0.25, 0.3) is 0 Å². The minimum Gasteiger partial charge on any atom is -0.493 e. The van der Waals surface area contributed by atoms with Gasteiger partial charge in [-0.2, -0.15) is 4.98 Å². The molecule has 0 saturated carbocycles. The zero-order chi connectivity index (χ0) is 11.0. The van der Waals surface area contributed by atoms with Crippen LogP contribution in [0.4, 0.5) is 6.01 Å². The van der Waals surface area contributed by atoms with E-state index in [2.05, 4.69) is 10.1 Å². The van der Waals surface area contributed by atoms with E-state index in [4.69, 9.17) is 15.0 Å². The maximum Gasteiger partial charge on any atom is 0.318 e. The molecule has 0 radical (unpaired) electrons. The highest BCUT2D eigenvalue weighted by molar-refractivity contribution is 5.40. The summed E-state index contributed by atoms with van der Waals surface area (Å²) in [5, 5.41) is 3.87. The summed E-state index contributed by atoms with van der Waals surface area (Å²) in [4.78, 5) is 4.08. The van der Waals surface area contributed by atoms with Gasteiger partial charge in [0.25, 0.3) is 0 Å². The van der Waals surface area contributed by atoms with E-state index in [1.165, 1.54) is 0 Å². The number of nitrogens with two attached hydrogens (primary N) is 1. The van der Waals surface area contributed by atoms with Gasteiger partial charge in [0.1, 0.15) is 5.75 Å². The maximum atomic E-state index is 5.56. The number of para-hydroxylation sites is 1. The van der Waals surface area contributed by atoms with Crippen molar-refractivity contribution in [1.82, 2.24) is 10.1 Å². The lowest BCUT2D eigenvalue weighted by atomic mass is 9.92. The fraction of sp³-hybridized carbons (Fsp3) is 0.273. The third-order valence-corrected chi connectivity index (χ3v) is 2.73. The molecule has 0 saturated heterocycles. The topological polar surface area (TPSA) is 74.2 Å². The van der Waals surface area contributed by atoms with Crippen LogP contribution in [-0.4, -0.2) is 16.7 Å². The van der Waals surface area contributed by atoms with Crippen LogP contribution in [-0.2, 0) is 0 Å². The van der Waals surface area contributed by atoms with Crippen LogP contribution in [0.15, 0.2) is 28.8 Å². The van der Waals surface area contributed by atoms with Gasteiger partial charge in [-0.3, -0.25) is 0 Å². The second-order valence-corrected chi connectivity index (χ2v) is 3.72. The number of nitrogen functional groups attached to an aromatic ring is 1. The number of rotatable bonds is 1. The van der Waals surface area contributed by atoms with Crippen LogP contribution < -0.4 is 10.5 Å². The average Bonchev–Trinajstić information content (AvgIpc) is 2.75. The Bertz CT molecular complexity index is 509. The molecule has 1 atom stereocenters. The van der Waals surface area contributed by atoms with E-state index in [-0.39, 0.29) is 11.9 Å². The molecule has 5 heteroatoms. The van der Waals surface area contributed by atoms with Gasteiger partial charge in [0.15, 0.2) is 5.82 Å². The standard InChI is InChI=1S/C11H11N3O2/c12-11-13-10(14-16-11)8-5-6-15-9-4-2-1-3-7(8)9/h1-4,8H,5-6H2,(H2,12,13,14). The fourth-order valence-electron chi connectivity index (χ4n) is 2.00. The molecule has 0 fully saturated rings. The van der Waals surface area contributed by atoms with Crippen LogP contribution >= 0.6 is 0 Å². The molecule has 1 aliphatic heterocycles. The Balaban J connectivity index is 2.04. The summed E-state index contributed by atoms with van der Waals surface area (Å²) < 4.78 is 10.4. The molecule has 2 N–H and O–H groups in total. The minimum absolute atomic E-state index is 0.110. The molecule has 5 nitrogen and oxygen atoms in total. The number of hydrogen-bond acceptors (Lipinski definition) is 5. The van der Waals surface area contributed by atoms with E-state index in [1.807, 2.05) is 24.3 Å². The van der Waals surface area contributed by atoms with E-state index >= 15 is 0 Å². The molecule has 1 aromatic heterocycles. The Kier molecular flexibility index (Phi) is 2.02. The summed E-state index contributed by atoms with van der Waals surface area (Å²) in [6, 6.07) is 8.01. The smallest absolute Gasteiger partial charge is 0.318 e. The van der Waals surface area contributed by atoms with E-state index in [9.17, 15) is 0 Å². The monoisotopic (exact) mass is 217 g/mol. The predicted octanol–water partition coefficient (Wildman–Crippen LogP) is 1.57. The average molecular weight is 217 g/mol. The number of aromatic nitrogens is 2. The van der Waals surface area contributed by atoms with Crippen molar-refractivity contribution >= 4 is 6.01 Å². The van der Waals surface area contributed by atoms with Crippen molar-refractivity contribution in [3.8, 4) is 5.75 Å². The van der Waals surface area contributed by atoms with Crippen LogP contribution in [0.5, 0.6) is 5.75 Å². The van der Waals surface area contributed by atoms with Crippen molar-refractivity contribution in [2.45, 2.75) is 12.3 Å². The third kappa shape index (κ3) is 1.41. The first-order chi connectivity index (χ1) is 7.84. The van der Waals surface area contributed by atoms with Gasteiger partial charge in [-0.1, -0.05) is 23.4 Å². The van der Waals surface area contributed by atoms with E-state index in [0.717, 1.165) is 17.7 Å². The Morgan fingerprint density at radius 3 is 3.00 bits per heavy atom. The van der Waals surface area contributed by atoms with Gasteiger partial charge in [0.2, 0.25) is 0 Å². The lowest BCUT2D eigenvalue weighted by molar-refractivity contribution is 0.272. The molecule has 3 rings (SSSR count). The first kappa shape index (κ1) is 9.21. The van der Waals surface area contributed by atoms with E-state index in [1.54, 1.807) is 0 Å². The molecule has 1 aliphatic rings. The normalized spacial score (nSPS) is 18.9. The molecule has 0 bridgehead atoms. The number of anilines is 1. The summed E-state index contributed by atoms with van der Waals surface area (Å²) >= 11 is 0. The summed E-state index contributed by atoms with van der Waals surface area (Å²) in [6.45, 7) is 0.663. The predicted molar refractivity (Wildman–Crippen MR) is 57.1 cm³/mol. The fourth-order valence-corrected chi connectivity index (χ4v) is 2.00. The summed E-state index contributed by atoms with van der Waals surface area (Å²) in [5.41, 5.74) is 6.53. The molecule has 0 amide bonds. The number of benzene rings is 1. The van der Waals surface area contributed by atoms with Gasteiger partial charge in [-0.15, -0.1) is 0 Å². The van der Waals surface area contributed by atoms with E-state index in [0.29, 0.717) is 12.4 Å². The van der Waals surface area contributed by atoms with Crippen LogP contribution in [0.2, 0.25) is 0 Å². The number of fused-ring (bicyclic) bond motifs is 1. The SMILES string of the molecule is Nc1nc(C2CCOc3ccccc32)no1. The van der Waals surface area contributed by atoms with Gasteiger partial charge >= 0.3 is 6.01 Å². The molecule has 2 heterocycles. The third-order valence-electron chi connectivity index (χ3n) is 2.73. The number of nitrogens with zero attached hydrogens (tertiary/aromatic N) is 2. The molecular weight excluding hydrogens is 206 g/mol. The molecule has 0 spiro atoms.